The number of nitrogens with two attached hydrogens (primary N) is 1. The summed E-state index contributed by atoms with van der Waals surface area (Å²) in [6.07, 6.45) is 0.897. The second-order valence-electron chi connectivity index (χ2n) is 3.67. The van der Waals surface area contributed by atoms with Gasteiger partial charge in [0, 0.05) is 20.2 Å². The van der Waals surface area contributed by atoms with Gasteiger partial charge < -0.3 is 0 Å². The Bertz CT molecular complexity index is 485. The van der Waals surface area contributed by atoms with E-state index in [2.05, 4.69) is 60.9 Å². The topological polar surface area (TPSA) is 38.0 Å². The second kappa shape index (κ2) is 6.11. The summed E-state index contributed by atoms with van der Waals surface area (Å²) in [6, 6.07) is 10.4. The lowest BCUT2D eigenvalue weighted by molar-refractivity contribution is 0.553. The van der Waals surface area contributed by atoms with Gasteiger partial charge in [0.25, 0.3) is 0 Å². The molecule has 1 aromatic carbocycles. The van der Waals surface area contributed by atoms with Gasteiger partial charge in [-0.25, -0.2) is 0 Å². The molecule has 0 spiro atoms. The van der Waals surface area contributed by atoms with Gasteiger partial charge in [0.05, 0.1) is 6.04 Å². The van der Waals surface area contributed by atoms with Crippen LogP contribution in [-0.2, 0) is 6.42 Å². The van der Waals surface area contributed by atoms with Crippen LogP contribution < -0.4 is 11.3 Å². The van der Waals surface area contributed by atoms with Crippen molar-refractivity contribution in [3.63, 3.8) is 0 Å². The van der Waals surface area contributed by atoms with E-state index in [9.17, 15) is 0 Å². The first kappa shape index (κ1) is 13.2. The minimum atomic E-state index is 0.121. The van der Waals surface area contributed by atoms with Gasteiger partial charge in [0.15, 0.2) is 0 Å². The zero-order valence-electron chi connectivity index (χ0n) is 8.99. The maximum atomic E-state index is 5.65. The molecule has 2 nitrogen and oxygen atoms in total. The first-order valence-electron chi connectivity index (χ1n) is 5.14. The summed E-state index contributed by atoms with van der Waals surface area (Å²) >= 11 is 8.77. The summed E-state index contributed by atoms with van der Waals surface area (Å²) in [5, 5.41) is 2.08. The summed E-state index contributed by atoms with van der Waals surface area (Å²) in [6.45, 7) is 0. The summed E-state index contributed by atoms with van der Waals surface area (Å²) < 4.78 is 2.12. The smallest absolute Gasteiger partial charge is 0.0519 e. The van der Waals surface area contributed by atoms with Crippen molar-refractivity contribution in [3.05, 3.63) is 55.1 Å². The molecule has 3 N–H and O–H groups in total. The van der Waals surface area contributed by atoms with Crippen LogP contribution in [0.4, 0.5) is 0 Å². The van der Waals surface area contributed by atoms with E-state index >= 15 is 0 Å². The molecule has 0 aliphatic rings. The summed E-state index contributed by atoms with van der Waals surface area (Å²) in [4.78, 5) is 1.32. The lowest BCUT2D eigenvalue weighted by Crippen LogP contribution is -2.29. The maximum Gasteiger partial charge on any atom is 0.0519 e. The fourth-order valence-corrected chi connectivity index (χ4v) is 3.75. The number of hydrogen-bond donors (Lipinski definition) is 2. The molecule has 0 aliphatic carbocycles. The van der Waals surface area contributed by atoms with Crippen LogP contribution in [0.1, 0.15) is 16.5 Å². The number of rotatable bonds is 4. The molecule has 0 saturated heterocycles. The normalized spacial score (nSPS) is 12.6. The van der Waals surface area contributed by atoms with Gasteiger partial charge >= 0.3 is 0 Å². The van der Waals surface area contributed by atoms with E-state index in [1.807, 2.05) is 12.1 Å². The van der Waals surface area contributed by atoms with E-state index in [0.717, 1.165) is 15.4 Å². The van der Waals surface area contributed by atoms with Gasteiger partial charge in [-0.05, 0) is 29.1 Å². The maximum absolute atomic E-state index is 5.65. The summed E-state index contributed by atoms with van der Waals surface area (Å²) in [5.74, 6) is 5.65. The Kier molecular flexibility index (Phi) is 4.76. The Morgan fingerprint density at radius 2 is 2.12 bits per heavy atom. The van der Waals surface area contributed by atoms with Crippen LogP contribution in [0, 0.1) is 0 Å². The molecule has 5 heteroatoms. The Labute approximate surface area is 121 Å². The predicted octanol–water partition coefficient (Wildman–Crippen LogP) is 4.02. The number of benzene rings is 1. The van der Waals surface area contributed by atoms with E-state index in [1.54, 1.807) is 11.3 Å². The summed E-state index contributed by atoms with van der Waals surface area (Å²) in [5.41, 5.74) is 4.05. The monoisotopic (exact) mass is 374 g/mol. The molecule has 0 bridgehead atoms. The van der Waals surface area contributed by atoms with Crippen molar-refractivity contribution < 1.29 is 0 Å². The molecule has 17 heavy (non-hydrogen) atoms. The van der Waals surface area contributed by atoms with Crippen LogP contribution in [0.15, 0.2) is 44.7 Å². The predicted molar refractivity (Wildman–Crippen MR) is 79.9 cm³/mol. The molecule has 2 rings (SSSR count). The highest BCUT2D eigenvalue weighted by molar-refractivity contribution is 9.11. The lowest BCUT2D eigenvalue weighted by atomic mass is 10.0. The Morgan fingerprint density at radius 1 is 1.29 bits per heavy atom. The molecule has 0 fully saturated rings. The van der Waals surface area contributed by atoms with Crippen LogP contribution >= 0.6 is 43.2 Å². The van der Waals surface area contributed by atoms with Gasteiger partial charge in [0.2, 0.25) is 0 Å². The first-order valence-corrected chi connectivity index (χ1v) is 7.60. The highest BCUT2D eigenvalue weighted by Gasteiger charge is 2.14. The SMILES string of the molecule is NNC(Cc1cccs1)c1ccc(Br)cc1Br. The summed E-state index contributed by atoms with van der Waals surface area (Å²) in [7, 11) is 0. The average molecular weight is 376 g/mol. The Hall–Kier alpha value is -0.200. The number of thiophene rings is 1. The second-order valence-corrected chi connectivity index (χ2v) is 6.47. The number of nitrogens with one attached hydrogen (secondary N) is 1. The molecule has 2 aromatic rings. The quantitative estimate of drug-likeness (QED) is 0.625. The largest absolute Gasteiger partial charge is 0.271 e. The number of hydrogen-bond acceptors (Lipinski definition) is 3. The molecule has 0 saturated carbocycles. The van der Waals surface area contributed by atoms with E-state index in [4.69, 9.17) is 5.84 Å². The molecule has 90 valence electrons. The molecular weight excluding hydrogens is 364 g/mol. The van der Waals surface area contributed by atoms with Gasteiger partial charge in [-0.3, -0.25) is 11.3 Å². The molecular formula is C12H12Br2N2S. The van der Waals surface area contributed by atoms with Crippen LogP contribution in [0.25, 0.3) is 0 Å². The van der Waals surface area contributed by atoms with Gasteiger partial charge in [0.1, 0.15) is 0 Å². The highest BCUT2D eigenvalue weighted by atomic mass is 79.9. The zero-order chi connectivity index (χ0) is 12.3. The molecule has 1 atom stereocenters. The van der Waals surface area contributed by atoms with Crippen molar-refractivity contribution in [2.24, 2.45) is 5.84 Å². The van der Waals surface area contributed by atoms with Gasteiger partial charge in [-0.15, -0.1) is 11.3 Å². The van der Waals surface area contributed by atoms with Crippen LogP contribution in [-0.4, -0.2) is 0 Å². The van der Waals surface area contributed by atoms with Crippen molar-refractivity contribution in [2.75, 3.05) is 0 Å². The van der Waals surface area contributed by atoms with E-state index in [-0.39, 0.29) is 6.04 Å². The molecule has 0 aliphatic heterocycles. The molecule has 1 unspecified atom stereocenters. The fourth-order valence-electron chi connectivity index (χ4n) is 1.67. The van der Waals surface area contributed by atoms with Crippen LogP contribution in [0.2, 0.25) is 0 Å². The standard InChI is InChI=1S/C12H12Br2N2S/c13-8-3-4-10(11(14)6-8)12(16-15)7-9-2-1-5-17-9/h1-6,12,16H,7,15H2. The molecule has 0 amide bonds. The van der Waals surface area contributed by atoms with Crippen molar-refractivity contribution in [1.82, 2.24) is 5.43 Å². The van der Waals surface area contributed by atoms with E-state index in [0.29, 0.717) is 0 Å². The first-order chi connectivity index (χ1) is 8.20. The highest BCUT2D eigenvalue weighted by Crippen LogP contribution is 2.29. The van der Waals surface area contributed by atoms with Crippen LogP contribution in [0.5, 0.6) is 0 Å². The van der Waals surface area contributed by atoms with Gasteiger partial charge in [-0.1, -0.05) is 44.0 Å². The number of hydrazine groups is 1. The molecule has 0 radical (unpaired) electrons. The molecule has 1 aromatic heterocycles. The molecule has 1 heterocycles. The third-order valence-electron chi connectivity index (χ3n) is 2.52. The van der Waals surface area contributed by atoms with Crippen molar-refractivity contribution in [2.45, 2.75) is 12.5 Å². The average Bonchev–Trinajstić information content (AvgIpc) is 2.79. The lowest BCUT2D eigenvalue weighted by Gasteiger charge is -2.17. The zero-order valence-corrected chi connectivity index (χ0v) is 13.0. The Morgan fingerprint density at radius 3 is 2.71 bits per heavy atom. The van der Waals surface area contributed by atoms with Crippen molar-refractivity contribution in [1.29, 1.82) is 0 Å². The third kappa shape index (κ3) is 3.39. The Balaban J connectivity index is 2.23. The minimum absolute atomic E-state index is 0.121. The minimum Gasteiger partial charge on any atom is -0.271 e. The third-order valence-corrected chi connectivity index (χ3v) is 4.60. The van der Waals surface area contributed by atoms with Gasteiger partial charge in [-0.2, -0.15) is 0 Å². The van der Waals surface area contributed by atoms with Crippen LogP contribution in [0.3, 0.4) is 0 Å². The van der Waals surface area contributed by atoms with E-state index < -0.39 is 0 Å². The number of halogens is 2. The van der Waals surface area contributed by atoms with E-state index in [1.165, 1.54) is 10.4 Å². The fraction of sp³-hybridized carbons (Fsp3) is 0.167. The van der Waals surface area contributed by atoms with Crippen molar-refractivity contribution >= 4 is 43.2 Å². The van der Waals surface area contributed by atoms with Crippen molar-refractivity contribution in [3.8, 4) is 0 Å².